The van der Waals surface area contributed by atoms with Crippen LogP contribution in [-0.4, -0.2) is 89.4 Å². The second kappa shape index (κ2) is 13.2. The van der Waals surface area contributed by atoms with E-state index in [0.29, 0.717) is 69.8 Å². The van der Waals surface area contributed by atoms with Crippen molar-refractivity contribution in [2.45, 2.75) is 27.3 Å². The number of ketones is 1. The van der Waals surface area contributed by atoms with Crippen molar-refractivity contribution >= 4 is 23.0 Å². The zero-order chi connectivity index (χ0) is 26.0. The van der Waals surface area contributed by atoms with Crippen molar-refractivity contribution in [3.8, 4) is 0 Å². The molecule has 12 nitrogen and oxygen atoms in total. The summed E-state index contributed by atoms with van der Waals surface area (Å²) in [7, 11) is 1.63. The van der Waals surface area contributed by atoms with Gasteiger partial charge in [0.15, 0.2) is 11.5 Å². The number of nitrogens with one attached hydrogen (secondary N) is 1. The molecule has 0 fully saturated rings. The average molecular weight is 503 g/mol. The van der Waals surface area contributed by atoms with Crippen LogP contribution in [0.25, 0.3) is 5.65 Å². The number of anilines is 1. The van der Waals surface area contributed by atoms with Crippen molar-refractivity contribution in [2.24, 2.45) is 5.41 Å². The number of carbonyl (C=O) groups excluding carboxylic acids is 2. The van der Waals surface area contributed by atoms with Crippen LogP contribution in [0.4, 0.5) is 5.69 Å². The number of methoxy groups -OCH3 is 1. The summed E-state index contributed by atoms with van der Waals surface area (Å²) in [6, 6.07) is 3.46. The van der Waals surface area contributed by atoms with Gasteiger partial charge in [0.1, 0.15) is 11.3 Å². The molecule has 0 atom stereocenters. The summed E-state index contributed by atoms with van der Waals surface area (Å²) in [5.41, 5.74) is 1.20. The topological polar surface area (TPSA) is 131 Å². The molecule has 0 aliphatic carbocycles. The van der Waals surface area contributed by atoms with E-state index in [1.165, 1.54) is 0 Å². The molecule has 0 saturated carbocycles. The number of amides is 1. The lowest BCUT2D eigenvalue weighted by Gasteiger charge is -2.13. The van der Waals surface area contributed by atoms with E-state index in [-0.39, 0.29) is 11.5 Å². The maximum absolute atomic E-state index is 12.6. The molecule has 12 heteroatoms. The molecule has 1 N–H and O–H groups in total. The predicted octanol–water partition coefficient (Wildman–Crippen LogP) is 2.10. The molecule has 3 rings (SSSR count). The van der Waals surface area contributed by atoms with Crippen molar-refractivity contribution in [2.75, 3.05) is 58.7 Å². The minimum Gasteiger partial charge on any atom is -0.382 e. The van der Waals surface area contributed by atoms with E-state index in [4.69, 9.17) is 18.9 Å². The number of fused-ring (bicyclic) bond motifs is 1. The van der Waals surface area contributed by atoms with Gasteiger partial charge in [0, 0.05) is 24.9 Å². The van der Waals surface area contributed by atoms with Gasteiger partial charge in [-0.05, 0) is 12.1 Å². The molecule has 3 aromatic heterocycles. The maximum atomic E-state index is 12.6. The number of rotatable bonds is 15. The summed E-state index contributed by atoms with van der Waals surface area (Å²) < 4.78 is 24.4. The number of Topliss-reactive ketones (excluding diaryl/α,β-unsaturated/α-hetero) is 1. The van der Waals surface area contributed by atoms with E-state index in [0.717, 1.165) is 0 Å². The van der Waals surface area contributed by atoms with E-state index >= 15 is 0 Å². The van der Waals surface area contributed by atoms with Crippen LogP contribution in [0.5, 0.6) is 0 Å². The van der Waals surface area contributed by atoms with E-state index in [2.05, 4.69) is 20.6 Å². The van der Waals surface area contributed by atoms with Gasteiger partial charge in [-0.2, -0.15) is 0 Å². The van der Waals surface area contributed by atoms with Crippen molar-refractivity contribution in [3.63, 3.8) is 0 Å². The van der Waals surface area contributed by atoms with Crippen LogP contribution in [0.2, 0.25) is 0 Å². The Morgan fingerprint density at radius 2 is 1.56 bits per heavy atom. The monoisotopic (exact) mass is 502 g/mol. The lowest BCUT2D eigenvalue weighted by molar-refractivity contribution is 0.00244. The minimum atomic E-state index is -0.529. The molecule has 0 saturated heterocycles. The Labute approximate surface area is 209 Å². The minimum absolute atomic E-state index is 0.0479. The van der Waals surface area contributed by atoms with Crippen molar-refractivity contribution in [3.05, 3.63) is 42.1 Å². The molecule has 1 amide bonds. The first kappa shape index (κ1) is 27.4. The zero-order valence-electron chi connectivity index (χ0n) is 21.2. The molecule has 0 bridgehead atoms. The van der Waals surface area contributed by atoms with E-state index in [1.807, 2.05) is 20.8 Å². The first-order valence-corrected chi connectivity index (χ1v) is 11.7. The number of hydrogen-bond donors (Lipinski definition) is 1. The molecule has 0 radical (unpaired) electrons. The third-order valence-corrected chi connectivity index (χ3v) is 5.03. The fourth-order valence-corrected chi connectivity index (χ4v) is 3.11. The molecule has 196 valence electrons. The summed E-state index contributed by atoms with van der Waals surface area (Å²) in [4.78, 5) is 29.5. The van der Waals surface area contributed by atoms with Crippen molar-refractivity contribution in [1.29, 1.82) is 0 Å². The highest BCUT2D eigenvalue weighted by molar-refractivity contribution is 6.02. The number of pyridine rings is 1. The summed E-state index contributed by atoms with van der Waals surface area (Å²) >= 11 is 0. The summed E-state index contributed by atoms with van der Waals surface area (Å²) in [6.07, 6.45) is 4.92. The summed E-state index contributed by atoms with van der Waals surface area (Å²) in [5, 5.41) is 10.7. The molecule has 0 aliphatic heterocycles. The number of nitrogens with zero attached hydrogens (tertiary/aromatic N) is 5. The highest BCUT2D eigenvalue weighted by Crippen LogP contribution is 2.21. The maximum Gasteiger partial charge on any atom is 0.277 e. The first-order chi connectivity index (χ1) is 17.3. The Kier molecular flexibility index (Phi) is 10.1. The van der Waals surface area contributed by atoms with Gasteiger partial charge in [-0.1, -0.05) is 26.0 Å². The van der Waals surface area contributed by atoms with Gasteiger partial charge < -0.3 is 28.7 Å². The molecular formula is C24H34N6O6. The average Bonchev–Trinajstić information content (AvgIpc) is 3.48. The zero-order valence-corrected chi connectivity index (χ0v) is 21.2. The van der Waals surface area contributed by atoms with Crippen LogP contribution in [-0.2, 0) is 25.5 Å². The molecule has 36 heavy (non-hydrogen) atoms. The third kappa shape index (κ3) is 8.19. The predicted molar refractivity (Wildman–Crippen MR) is 131 cm³/mol. The normalized spacial score (nSPS) is 11.8. The highest BCUT2D eigenvalue weighted by atomic mass is 16.6. The van der Waals surface area contributed by atoms with Crippen molar-refractivity contribution < 1.29 is 28.5 Å². The van der Waals surface area contributed by atoms with Gasteiger partial charge in [-0.3, -0.25) is 9.59 Å². The largest absolute Gasteiger partial charge is 0.382 e. The Morgan fingerprint density at radius 3 is 2.22 bits per heavy atom. The Balaban J connectivity index is 1.40. The molecule has 3 aromatic rings. The third-order valence-electron chi connectivity index (χ3n) is 5.03. The lowest BCUT2D eigenvalue weighted by Crippen LogP contribution is -2.20. The van der Waals surface area contributed by atoms with Gasteiger partial charge >= 0.3 is 0 Å². The van der Waals surface area contributed by atoms with Crippen LogP contribution in [0.15, 0.2) is 30.7 Å². The van der Waals surface area contributed by atoms with Crippen LogP contribution in [0, 0.1) is 5.41 Å². The Morgan fingerprint density at radius 1 is 0.889 bits per heavy atom. The van der Waals surface area contributed by atoms with Gasteiger partial charge in [-0.25, -0.2) is 9.67 Å². The lowest BCUT2D eigenvalue weighted by atomic mass is 9.89. The van der Waals surface area contributed by atoms with Crippen LogP contribution < -0.4 is 5.32 Å². The SMILES string of the molecule is COCCOCCOCCOCCn1cc(C(=O)Nc2ccc3nc(C(=O)C(C)(C)C)cn3c2)nn1. The Hall–Kier alpha value is -3.19. The van der Waals surface area contributed by atoms with Gasteiger partial charge in [0.25, 0.3) is 5.91 Å². The second-order valence-electron chi connectivity index (χ2n) is 9.04. The molecule has 3 heterocycles. The van der Waals surface area contributed by atoms with Crippen molar-refractivity contribution in [1.82, 2.24) is 24.4 Å². The van der Waals surface area contributed by atoms with Crippen LogP contribution in [0.3, 0.4) is 0 Å². The van der Waals surface area contributed by atoms with E-state index in [9.17, 15) is 9.59 Å². The second-order valence-corrected chi connectivity index (χ2v) is 9.04. The first-order valence-electron chi connectivity index (χ1n) is 11.7. The number of aromatic nitrogens is 5. The van der Waals surface area contributed by atoms with Crippen LogP contribution in [0.1, 0.15) is 41.7 Å². The Bertz CT molecular complexity index is 1140. The fraction of sp³-hybridized carbons (Fsp3) is 0.542. The molecule has 0 unspecified atom stereocenters. The quantitative estimate of drug-likeness (QED) is 0.245. The summed E-state index contributed by atoms with van der Waals surface area (Å²) in [6.45, 7) is 9.45. The molecular weight excluding hydrogens is 468 g/mol. The number of imidazole rings is 1. The standard InChI is InChI=1S/C24H34N6O6/c1-24(2,3)22(31)19-16-29-15-18(5-6-21(29)26-19)25-23(32)20-17-30(28-27-20)7-8-34-11-12-36-14-13-35-10-9-33-4/h5-6,15-17H,7-14H2,1-4H3,(H,25,32). The molecule has 0 aromatic carbocycles. The highest BCUT2D eigenvalue weighted by Gasteiger charge is 2.25. The van der Waals surface area contributed by atoms with E-state index in [1.54, 1.807) is 46.9 Å². The number of ether oxygens (including phenoxy) is 4. The number of carbonyl (C=O) groups is 2. The number of hydrogen-bond acceptors (Lipinski definition) is 9. The molecule has 0 aliphatic rings. The molecule has 0 spiro atoms. The smallest absolute Gasteiger partial charge is 0.277 e. The van der Waals surface area contributed by atoms with Gasteiger partial charge in [0.2, 0.25) is 0 Å². The van der Waals surface area contributed by atoms with Gasteiger partial charge in [-0.15, -0.1) is 5.10 Å². The van der Waals surface area contributed by atoms with Gasteiger partial charge in [0.05, 0.1) is 64.7 Å². The van der Waals surface area contributed by atoms with E-state index < -0.39 is 11.3 Å². The summed E-state index contributed by atoms with van der Waals surface area (Å²) in [5.74, 6) is -0.443. The fourth-order valence-electron chi connectivity index (χ4n) is 3.11. The van der Waals surface area contributed by atoms with Crippen LogP contribution >= 0.6 is 0 Å².